The fourth-order valence-electron chi connectivity index (χ4n) is 2.62. The summed E-state index contributed by atoms with van der Waals surface area (Å²) in [4.78, 5) is 11.5. The molecule has 0 spiro atoms. The van der Waals surface area contributed by atoms with Gasteiger partial charge in [-0.1, -0.05) is 6.92 Å². The van der Waals surface area contributed by atoms with Crippen molar-refractivity contribution >= 4 is 0 Å². The summed E-state index contributed by atoms with van der Waals surface area (Å²) in [6, 6.07) is 0. The zero-order valence-corrected chi connectivity index (χ0v) is 9.95. The van der Waals surface area contributed by atoms with Gasteiger partial charge in [0.05, 0.1) is 5.69 Å². The Bertz CT molecular complexity index is 385. The van der Waals surface area contributed by atoms with Crippen molar-refractivity contribution in [1.82, 2.24) is 14.9 Å². The van der Waals surface area contributed by atoms with Crippen LogP contribution in [-0.2, 0) is 12.8 Å². The summed E-state index contributed by atoms with van der Waals surface area (Å²) in [5, 5.41) is 0. The molecule has 1 aromatic rings. The number of rotatable bonds is 2. The Morgan fingerprint density at radius 2 is 2.06 bits per heavy atom. The van der Waals surface area contributed by atoms with Crippen molar-refractivity contribution in [3.05, 3.63) is 23.3 Å². The third-order valence-electron chi connectivity index (χ3n) is 3.82. The molecule has 3 nitrogen and oxygen atoms in total. The standard InChI is InChI=1S/C13H19N3/c1-2-16-7-5-11-12(6-8-16)14-9-15-13(11)10-3-4-10/h9-10H,2-8H2,1H3. The highest BCUT2D eigenvalue weighted by Crippen LogP contribution is 2.41. The van der Waals surface area contributed by atoms with Gasteiger partial charge in [-0.25, -0.2) is 9.97 Å². The van der Waals surface area contributed by atoms with Gasteiger partial charge in [-0.05, 0) is 31.4 Å². The SMILES string of the molecule is CCN1CCc2ncnc(C3CC3)c2CC1. The van der Waals surface area contributed by atoms with Crippen LogP contribution in [0.5, 0.6) is 0 Å². The highest BCUT2D eigenvalue weighted by atomic mass is 15.1. The van der Waals surface area contributed by atoms with Crippen molar-refractivity contribution in [1.29, 1.82) is 0 Å². The average Bonchev–Trinajstić information content (AvgIpc) is 3.15. The molecule has 86 valence electrons. The van der Waals surface area contributed by atoms with Gasteiger partial charge < -0.3 is 4.90 Å². The number of nitrogens with zero attached hydrogens (tertiary/aromatic N) is 3. The Morgan fingerprint density at radius 3 is 2.81 bits per heavy atom. The van der Waals surface area contributed by atoms with Crippen LogP contribution in [0.2, 0.25) is 0 Å². The molecule has 3 rings (SSSR count). The molecule has 0 amide bonds. The Hall–Kier alpha value is -0.960. The molecule has 1 fully saturated rings. The Labute approximate surface area is 96.9 Å². The minimum atomic E-state index is 0.755. The summed E-state index contributed by atoms with van der Waals surface area (Å²) >= 11 is 0. The van der Waals surface area contributed by atoms with Gasteiger partial charge in [0, 0.05) is 31.1 Å². The van der Waals surface area contributed by atoms with Gasteiger partial charge in [0.2, 0.25) is 0 Å². The van der Waals surface area contributed by atoms with Crippen LogP contribution in [0, 0.1) is 0 Å². The quantitative estimate of drug-likeness (QED) is 0.756. The van der Waals surface area contributed by atoms with E-state index in [9.17, 15) is 0 Å². The van der Waals surface area contributed by atoms with Gasteiger partial charge in [-0.2, -0.15) is 0 Å². The first-order valence-electron chi connectivity index (χ1n) is 6.43. The molecule has 16 heavy (non-hydrogen) atoms. The maximum atomic E-state index is 4.52. The highest BCUT2D eigenvalue weighted by molar-refractivity contribution is 5.31. The molecule has 0 radical (unpaired) electrons. The highest BCUT2D eigenvalue weighted by Gasteiger charge is 2.29. The van der Waals surface area contributed by atoms with Crippen molar-refractivity contribution in [2.45, 2.75) is 38.5 Å². The number of hydrogen-bond donors (Lipinski definition) is 0. The first-order chi connectivity index (χ1) is 7.88. The second-order valence-electron chi connectivity index (χ2n) is 4.89. The van der Waals surface area contributed by atoms with Crippen LogP contribution in [0.4, 0.5) is 0 Å². The van der Waals surface area contributed by atoms with E-state index in [4.69, 9.17) is 0 Å². The van der Waals surface area contributed by atoms with Gasteiger partial charge in [-0.15, -0.1) is 0 Å². The topological polar surface area (TPSA) is 29.0 Å². The van der Waals surface area contributed by atoms with Crippen molar-refractivity contribution < 1.29 is 0 Å². The van der Waals surface area contributed by atoms with Crippen LogP contribution >= 0.6 is 0 Å². The van der Waals surface area contributed by atoms with Gasteiger partial charge in [-0.3, -0.25) is 0 Å². The molecular weight excluding hydrogens is 198 g/mol. The lowest BCUT2D eigenvalue weighted by atomic mass is 10.0. The molecule has 0 bridgehead atoms. The minimum Gasteiger partial charge on any atom is -0.303 e. The molecule has 3 heteroatoms. The van der Waals surface area contributed by atoms with Gasteiger partial charge in [0.15, 0.2) is 0 Å². The molecule has 0 aromatic carbocycles. The molecule has 0 atom stereocenters. The van der Waals surface area contributed by atoms with Crippen molar-refractivity contribution in [2.75, 3.05) is 19.6 Å². The summed E-state index contributed by atoms with van der Waals surface area (Å²) in [6.07, 6.45) is 6.69. The average molecular weight is 217 g/mol. The van der Waals surface area contributed by atoms with E-state index in [1.165, 1.54) is 36.3 Å². The molecule has 0 unspecified atom stereocenters. The third kappa shape index (κ3) is 1.84. The van der Waals surface area contributed by atoms with E-state index >= 15 is 0 Å². The maximum Gasteiger partial charge on any atom is 0.115 e. The molecule has 2 aliphatic rings. The summed E-state index contributed by atoms with van der Waals surface area (Å²) in [7, 11) is 0. The molecule has 0 N–H and O–H groups in total. The summed E-state index contributed by atoms with van der Waals surface area (Å²) < 4.78 is 0. The monoisotopic (exact) mass is 217 g/mol. The van der Waals surface area contributed by atoms with E-state index in [0.29, 0.717) is 0 Å². The Morgan fingerprint density at radius 1 is 1.25 bits per heavy atom. The number of likely N-dealkylation sites (N-methyl/N-ethyl adjacent to an activating group) is 1. The van der Waals surface area contributed by atoms with E-state index in [1.807, 2.05) is 0 Å². The van der Waals surface area contributed by atoms with E-state index in [2.05, 4.69) is 21.8 Å². The second kappa shape index (κ2) is 4.13. The fourth-order valence-corrected chi connectivity index (χ4v) is 2.62. The third-order valence-corrected chi connectivity index (χ3v) is 3.82. The first-order valence-corrected chi connectivity index (χ1v) is 6.43. The smallest absolute Gasteiger partial charge is 0.115 e. The lowest BCUT2D eigenvalue weighted by molar-refractivity contribution is 0.303. The first kappa shape index (κ1) is 10.2. The van der Waals surface area contributed by atoms with E-state index < -0.39 is 0 Å². The van der Waals surface area contributed by atoms with Crippen LogP contribution in [0.15, 0.2) is 6.33 Å². The normalized spacial score (nSPS) is 21.6. The summed E-state index contributed by atoms with van der Waals surface area (Å²) in [5.41, 5.74) is 4.15. The second-order valence-corrected chi connectivity index (χ2v) is 4.89. The molecule has 1 saturated carbocycles. The zero-order valence-electron chi connectivity index (χ0n) is 9.95. The summed E-state index contributed by atoms with van der Waals surface area (Å²) in [5.74, 6) is 0.755. The number of aromatic nitrogens is 2. The predicted molar refractivity (Wildman–Crippen MR) is 63.5 cm³/mol. The largest absolute Gasteiger partial charge is 0.303 e. The van der Waals surface area contributed by atoms with E-state index in [1.54, 1.807) is 6.33 Å². The molecule has 1 aliphatic heterocycles. The van der Waals surface area contributed by atoms with Crippen molar-refractivity contribution in [3.8, 4) is 0 Å². The molecule has 2 heterocycles. The lowest BCUT2D eigenvalue weighted by Crippen LogP contribution is -2.25. The van der Waals surface area contributed by atoms with E-state index in [0.717, 1.165) is 31.8 Å². The van der Waals surface area contributed by atoms with Crippen LogP contribution in [0.3, 0.4) is 0 Å². The maximum absolute atomic E-state index is 4.52. The number of fused-ring (bicyclic) bond motifs is 1. The van der Waals surface area contributed by atoms with Gasteiger partial charge in [0.1, 0.15) is 6.33 Å². The minimum absolute atomic E-state index is 0.755. The van der Waals surface area contributed by atoms with Crippen LogP contribution in [0.25, 0.3) is 0 Å². The molecular formula is C13H19N3. The lowest BCUT2D eigenvalue weighted by Gasteiger charge is -2.16. The Balaban J connectivity index is 1.91. The van der Waals surface area contributed by atoms with Crippen molar-refractivity contribution in [2.24, 2.45) is 0 Å². The van der Waals surface area contributed by atoms with Crippen LogP contribution in [-0.4, -0.2) is 34.5 Å². The zero-order chi connectivity index (χ0) is 11.0. The number of hydrogen-bond acceptors (Lipinski definition) is 3. The van der Waals surface area contributed by atoms with Crippen molar-refractivity contribution in [3.63, 3.8) is 0 Å². The predicted octanol–water partition coefficient (Wildman–Crippen LogP) is 1.77. The van der Waals surface area contributed by atoms with Crippen LogP contribution in [0.1, 0.15) is 42.6 Å². The van der Waals surface area contributed by atoms with Gasteiger partial charge in [0.25, 0.3) is 0 Å². The summed E-state index contributed by atoms with van der Waals surface area (Å²) in [6.45, 7) is 5.73. The van der Waals surface area contributed by atoms with Gasteiger partial charge >= 0.3 is 0 Å². The molecule has 1 aromatic heterocycles. The Kier molecular flexibility index (Phi) is 2.64. The molecule has 1 aliphatic carbocycles. The van der Waals surface area contributed by atoms with Crippen LogP contribution < -0.4 is 0 Å². The fraction of sp³-hybridized carbons (Fsp3) is 0.692. The van der Waals surface area contributed by atoms with E-state index in [-0.39, 0.29) is 0 Å². The molecule has 0 saturated heterocycles.